The summed E-state index contributed by atoms with van der Waals surface area (Å²) in [5, 5.41) is 9.71. The van der Waals surface area contributed by atoms with E-state index in [9.17, 15) is 5.11 Å². The van der Waals surface area contributed by atoms with E-state index in [1.165, 1.54) is 0 Å². The van der Waals surface area contributed by atoms with Crippen molar-refractivity contribution in [3.05, 3.63) is 0 Å². The van der Waals surface area contributed by atoms with Gasteiger partial charge in [-0.25, -0.2) is 0 Å². The third-order valence-electron chi connectivity index (χ3n) is 2.41. The van der Waals surface area contributed by atoms with Gasteiger partial charge in [0, 0.05) is 13.0 Å². The minimum Gasteiger partial charge on any atom is -0.390 e. The monoisotopic (exact) mass is 256 g/mol. The van der Waals surface area contributed by atoms with Gasteiger partial charge in [0.1, 0.15) is 8.07 Å². The number of ether oxygens (including phenoxy) is 2. The minimum atomic E-state index is -1.32. The SMILES string of the molecule is C[Si](C)(C)C#CCC(O)COC1CCCCO1. The van der Waals surface area contributed by atoms with Crippen molar-refractivity contribution >= 4 is 8.07 Å². The Labute approximate surface area is 106 Å². The zero-order valence-electron chi connectivity index (χ0n) is 11.2. The molecule has 3 nitrogen and oxygen atoms in total. The third-order valence-corrected chi connectivity index (χ3v) is 3.34. The van der Waals surface area contributed by atoms with Gasteiger partial charge in [-0.3, -0.25) is 0 Å². The lowest BCUT2D eigenvalue weighted by atomic mass is 10.2. The Bertz CT molecular complexity index is 269. The fourth-order valence-corrected chi connectivity index (χ4v) is 2.19. The number of aliphatic hydroxyl groups is 1. The zero-order chi connectivity index (χ0) is 12.7. The molecule has 1 N–H and O–H groups in total. The Morgan fingerprint density at radius 3 is 2.76 bits per heavy atom. The molecule has 0 aromatic carbocycles. The first kappa shape index (κ1) is 14.7. The van der Waals surface area contributed by atoms with Crippen molar-refractivity contribution in [1.29, 1.82) is 0 Å². The van der Waals surface area contributed by atoms with Gasteiger partial charge in [0.15, 0.2) is 6.29 Å². The second kappa shape index (κ2) is 7.17. The van der Waals surface area contributed by atoms with Crippen LogP contribution >= 0.6 is 0 Å². The summed E-state index contributed by atoms with van der Waals surface area (Å²) in [6.45, 7) is 7.68. The maximum atomic E-state index is 9.71. The Hall–Kier alpha value is -0.343. The molecule has 0 aromatic rings. The second-order valence-electron chi connectivity index (χ2n) is 5.54. The van der Waals surface area contributed by atoms with Crippen LogP contribution in [0, 0.1) is 11.5 Å². The van der Waals surface area contributed by atoms with Crippen molar-refractivity contribution in [2.24, 2.45) is 0 Å². The van der Waals surface area contributed by atoms with Crippen LogP contribution in [0.3, 0.4) is 0 Å². The molecule has 98 valence electrons. The first-order valence-corrected chi connectivity index (χ1v) is 9.89. The van der Waals surface area contributed by atoms with Gasteiger partial charge in [0.2, 0.25) is 0 Å². The maximum absolute atomic E-state index is 9.71. The highest BCUT2D eigenvalue weighted by atomic mass is 28.3. The molecular formula is C13H24O3Si. The highest BCUT2D eigenvalue weighted by Crippen LogP contribution is 2.14. The maximum Gasteiger partial charge on any atom is 0.157 e. The summed E-state index contributed by atoms with van der Waals surface area (Å²) in [7, 11) is -1.32. The Morgan fingerprint density at radius 2 is 2.18 bits per heavy atom. The van der Waals surface area contributed by atoms with Crippen LogP contribution in [-0.4, -0.2) is 38.8 Å². The molecule has 17 heavy (non-hydrogen) atoms. The van der Waals surface area contributed by atoms with Crippen molar-refractivity contribution in [1.82, 2.24) is 0 Å². The highest BCUT2D eigenvalue weighted by molar-refractivity contribution is 6.83. The summed E-state index contributed by atoms with van der Waals surface area (Å²) in [6, 6.07) is 0. The molecule has 0 radical (unpaired) electrons. The molecule has 1 fully saturated rings. The van der Waals surface area contributed by atoms with Crippen molar-refractivity contribution < 1.29 is 14.6 Å². The average Bonchev–Trinajstić information content (AvgIpc) is 2.26. The summed E-state index contributed by atoms with van der Waals surface area (Å²) in [4.78, 5) is 0. The van der Waals surface area contributed by atoms with E-state index in [0.717, 1.165) is 25.9 Å². The van der Waals surface area contributed by atoms with Crippen LogP contribution in [-0.2, 0) is 9.47 Å². The number of rotatable bonds is 4. The Balaban J connectivity index is 2.15. The van der Waals surface area contributed by atoms with E-state index in [0.29, 0.717) is 13.0 Å². The van der Waals surface area contributed by atoms with Crippen molar-refractivity contribution in [3.63, 3.8) is 0 Å². The van der Waals surface area contributed by atoms with Gasteiger partial charge in [-0.05, 0) is 19.3 Å². The molecule has 1 heterocycles. The van der Waals surface area contributed by atoms with Gasteiger partial charge in [0.25, 0.3) is 0 Å². The van der Waals surface area contributed by atoms with Crippen LogP contribution in [0.2, 0.25) is 19.6 Å². The van der Waals surface area contributed by atoms with E-state index in [1.807, 2.05) is 0 Å². The first-order chi connectivity index (χ1) is 7.97. The predicted molar refractivity (Wildman–Crippen MR) is 71.3 cm³/mol. The molecule has 1 aliphatic heterocycles. The van der Waals surface area contributed by atoms with Gasteiger partial charge in [-0.1, -0.05) is 19.6 Å². The Kier molecular flexibility index (Phi) is 6.21. The van der Waals surface area contributed by atoms with Gasteiger partial charge in [0.05, 0.1) is 12.7 Å². The van der Waals surface area contributed by atoms with E-state index in [4.69, 9.17) is 9.47 Å². The summed E-state index contributed by atoms with van der Waals surface area (Å²) < 4.78 is 10.9. The quantitative estimate of drug-likeness (QED) is 0.619. The summed E-state index contributed by atoms with van der Waals surface area (Å²) in [6.07, 6.45) is 3.08. The second-order valence-corrected chi connectivity index (χ2v) is 10.3. The van der Waals surface area contributed by atoms with Crippen molar-refractivity contribution in [2.75, 3.05) is 13.2 Å². The molecule has 1 rings (SSSR count). The molecule has 0 saturated carbocycles. The zero-order valence-corrected chi connectivity index (χ0v) is 12.2. The number of hydrogen-bond acceptors (Lipinski definition) is 3. The molecule has 1 saturated heterocycles. The molecule has 0 amide bonds. The number of aliphatic hydroxyl groups excluding tert-OH is 1. The van der Waals surface area contributed by atoms with Crippen LogP contribution in [0.25, 0.3) is 0 Å². The van der Waals surface area contributed by atoms with Gasteiger partial charge in [-0.15, -0.1) is 11.5 Å². The van der Waals surface area contributed by atoms with Crippen LogP contribution in [0.4, 0.5) is 0 Å². The van der Waals surface area contributed by atoms with E-state index in [2.05, 4.69) is 31.1 Å². The molecule has 0 spiro atoms. The molecule has 2 atom stereocenters. The van der Waals surface area contributed by atoms with Gasteiger partial charge in [-0.2, -0.15) is 0 Å². The van der Waals surface area contributed by atoms with E-state index >= 15 is 0 Å². The van der Waals surface area contributed by atoms with E-state index in [1.54, 1.807) is 0 Å². The lowest BCUT2D eigenvalue weighted by molar-refractivity contribution is -0.174. The van der Waals surface area contributed by atoms with Gasteiger partial charge >= 0.3 is 0 Å². The van der Waals surface area contributed by atoms with Crippen LogP contribution in [0.1, 0.15) is 25.7 Å². The Morgan fingerprint density at radius 1 is 1.41 bits per heavy atom. The molecule has 0 bridgehead atoms. The fourth-order valence-electron chi connectivity index (χ4n) is 1.55. The molecule has 2 unspecified atom stereocenters. The lowest BCUT2D eigenvalue weighted by Crippen LogP contribution is -2.26. The summed E-state index contributed by atoms with van der Waals surface area (Å²) in [5.41, 5.74) is 3.23. The third kappa shape index (κ3) is 7.56. The summed E-state index contributed by atoms with van der Waals surface area (Å²) >= 11 is 0. The van der Waals surface area contributed by atoms with Crippen LogP contribution < -0.4 is 0 Å². The molecule has 0 aromatic heterocycles. The summed E-state index contributed by atoms with van der Waals surface area (Å²) in [5.74, 6) is 3.05. The van der Waals surface area contributed by atoms with Crippen LogP contribution in [0.15, 0.2) is 0 Å². The first-order valence-electron chi connectivity index (χ1n) is 6.39. The lowest BCUT2D eigenvalue weighted by Gasteiger charge is -2.23. The van der Waals surface area contributed by atoms with Crippen LogP contribution in [0.5, 0.6) is 0 Å². The molecule has 4 heteroatoms. The normalized spacial score (nSPS) is 22.7. The fraction of sp³-hybridized carbons (Fsp3) is 0.846. The largest absolute Gasteiger partial charge is 0.390 e. The van der Waals surface area contributed by atoms with Gasteiger partial charge < -0.3 is 14.6 Å². The molecular weight excluding hydrogens is 232 g/mol. The van der Waals surface area contributed by atoms with Crippen molar-refractivity contribution in [2.45, 2.75) is 57.7 Å². The molecule has 1 aliphatic rings. The number of hydrogen-bond donors (Lipinski definition) is 1. The minimum absolute atomic E-state index is 0.122. The smallest absolute Gasteiger partial charge is 0.157 e. The van der Waals surface area contributed by atoms with Crippen molar-refractivity contribution in [3.8, 4) is 11.5 Å². The van der Waals surface area contributed by atoms with E-state index < -0.39 is 14.2 Å². The average molecular weight is 256 g/mol. The van der Waals surface area contributed by atoms with E-state index in [-0.39, 0.29) is 6.29 Å². The molecule has 0 aliphatic carbocycles. The predicted octanol–water partition coefficient (Wildman–Crippen LogP) is 2.16. The standard InChI is InChI=1S/C13H24O3Si/c1-17(2,3)10-6-7-12(14)11-16-13-8-4-5-9-15-13/h12-14H,4-5,7-9,11H2,1-3H3. The highest BCUT2D eigenvalue weighted by Gasteiger charge is 2.15. The topological polar surface area (TPSA) is 38.7 Å².